The van der Waals surface area contributed by atoms with Crippen molar-refractivity contribution in [2.24, 2.45) is 0 Å². The zero-order chi connectivity index (χ0) is 19.0. The largest absolute Gasteiger partial charge is 0.673 e. The predicted molar refractivity (Wildman–Crippen MR) is 98.6 cm³/mol. The molecule has 0 atom stereocenters. The van der Waals surface area contributed by atoms with Gasteiger partial charge in [-0.3, -0.25) is 0 Å². The van der Waals surface area contributed by atoms with Crippen LogP contribution in [0.25, 0.3) is 19.9 Å². The molecule has 0 fully saturated rings. The van der Waals surface area contributed by atoms with Gasteiger partial charge in [-0.15, -0.1) is 0 Å². The van der Waals surface area contributed by atoms with Crippen molar-refractivity contribution in [1.29, 1.82) is 0 Å². The SMILES string of the molecule is CCCCCC[n+]1ccc(-c2nc3ccccc3[se]2)cc1.F[B-](F)(F)F. The number of hydrogen-bond acceptors (Lipinski definition) is 1. The van der Waals surface area contributed by atoms with E-state index in [2.05, 4.69) is 60.3 Å². The molecule has 1 aromatic carbocycles. The van der Waals surface area contributed by atoms with Gasteiger partial charge in [-0.1, -0.05) is 0 Å². The molecule has 2 nitrogen and oxygen atoms in total. The quantitative estimate of drug-likeness (QED) is 0.229. The van der Waals surface area contributed by atoms with E-state index < -0.39 is 7.25 Å². The Morgan fingerprint density at radius 1 is 0.962 bits per heavy atom. The number of rotatable bonds is 6. The second-order valence-corrected chi connectivity index (χ2v) is 8.03. The van der Waals surface area contributed by atoms with Crippen LogP contribution in [0.3, 0.4) is 0 Å². The van der Waals surface area contributed by atoms with Crippen molar-refractivity contribution in [3.8, 4) is 10.1 Å². The molecule has 0 amide bonds. The van der Waals surface area contributed by atoms with Gasteiger partial charge in [-0.25, -0.2) is 0 Å². The van der Waals surface area contributed by atoms with Crippen molar-refractivity contribution in [1.82, 2.24) is 4.98 Å². The molecule has 2 heterocycles. The number of fused-ring (bicyclic) bond motifs is 1. The van der Waals surface area contributed by atoms with Crippen LogP contribution >= 0.6 is 0 Å². The molecule has 0 N–H and O–H groups in total. The van der Waals surface area contributed by atoms with Crippen molar-refractivity contribution in [2.75, 3.05) is 0 Å². The van der Waals surface area contributed by atoms with E-state index in [0.29, 0.717) is 14.5 Å². The Labute approximate surface area is 156 Å². The molecule has 0 aliphatic heterocycles. The van der Waals surface area contributed by atoms with E-state index in [1.54, 1.807) is 0 Å². The second kappa shape index (κ2) is 9.88. The third-order valence-electron chi connectivity index (χ3n) is 3.70. The van der Waals surface area contributed by atoms with Crippen LogP contribution in [0.4, 0.5) is 17.3 Å². The number of pyridine rings is 1. The van der Waals surface area contributed by atoms with E-state index in [4.69, 9.17) is 4.98 Å². The zero-order valence-electron chi connectivity index (χ0n) is 14.5. The number of aromatic nitrogens is 2. The van der Waals surface area contributed by atoms with E-state index >= 15 is 0 Å². The van der Waals surface area contributed by atoms with Crippen molar-refractivity contribution < 1.29 is 21.8 Å². The smallest absolute Gasteiger partial charge is 0.418 e. The number of unbranched alkanes of at least 4 members (excludes halogenated alkanes) is 3. The number of para-hydroxylation sites is 1. The van der Waals surface area contributed by atoms with Gasteiger partial charge in [-0.2, -0.15) is 0 Å². The van der Waals surface area contributed by atoms with Crippen LogP contribution in [0.5, 0.6) is 0 Å². The molecule has 0 bridgehead atoms. The monoisotopic (exact) mass is 432 g/mol. The fraction of sp³-hybridized carbons (Fsp3) is 0.333. The molecule has 0 saturated carbocycles. The average Bonchev–Trinajstić information content (AvgIpc) is 3.02. The normalized spacial score (nSPS) is 11.3. The fourth-order valence-electron chi connectivity index (χ4n) is 2.47. The van der Waals surface area contributed by atoms with Gasteiger partial charge in [0.15, 0.2) is 0 Å². The summed E-state index contributed by atoms with van der Waals surface area (Å²) in [6.07, 6.45) is 9.64. The second-order valence-electron chi connectivity index (χ2n) is 5.87. The molecule has 3 rings (SSSR count). The fourth-order valence-corrected chi connectivity index (χ4v) is 4.50. The van der Waals surface area contributed by atoms with Crippen LogP contribution in [-0.2, 0) is 6.54 Å². The Hall–Kier alpha value is -1.66. The van der Waals surface area contributed by atoms with Gasteiger partial charge in [-0.05, 0) is 0 Å². The molecule has 26 heavy (non-hydrogen) atoms. The predicted octanol–water partition coefficient (Wildman–Crippen LogP) is 5.13. The first kappa shape index (κ1) is 20.7. The number of aryl methyl sites for hydroxylation is 1. The maximum atomic E-state index is 9.75. The number of benzene rings is 1. The summed E-state index contributed by atoms with van der Waals surface area (Å²) in [7, 11) is -6.00. The third kappa shape index (κ3) is 7.30. The third-order valence-corrected chi connectivity index (χ3v) is 5.98. The first-order valence-electron chi connectivity index (χ1n) is 8.59. The van der Waals surface area contributed by atoms with E-state index in [9.17, 15) is 17.3 Å². The average molecular weight is 431 g/mol. The summed E-state index contributed by atoms with van der Waals surface area (Å²) in [6.45, 7) is 3.38. The molecule has 0 saturated heterocycles. The molecule has 0 unspecified atom stereocenters. The molecule has 3 aromatic rings. The maximum Gasteiger partial charge on any atom is 0.673 e. The minimum absolute atomic E-state index is 0.351. The first-order chi connectivity index (χ1) is 12.4. The molecule has 0 spiro atoms. The van der Waals surface area contributed by atoms with Gasteiger partial charge in [0.2, 0.25) is 0 Å². The van der Waals surface area contributed by atoms with Crippen LogP contribution < -0.4 is 4.57 Å². The molecular weight excluding hydrogens is 410 g/mol. The van der Waals surface area contributed by atoms with Gasteiger partial charge in [0, 0.05) is 0 Å². The van der Waals surface area contributed by atoms with E-state index in [-0.39, 0.29) is 0 Å². The molecular formula is C18H21BF4N2Se. The maximum absolute atomic E-state index is 9.75. The molecule has 8 heteroatoms. The summed E-state index contributed by atoms with van der Waals surface area (Å²) < 4.78 is 43.9. The number of nitrogens with zero attached hydrogens (tertiary/aromatic N) is 2. The Morgan fingerprint density at radius 3 is 2.23 bits per heavy atom. The van der Waals surface area contributed by atoms with Gasteiger partial charge in [0.1, 0.15) is 0 Å². The van der Waals surface area contributed by atoms with Crippen LogP contribution in [0.1, 0.15) is 32.6 Å². The summed E-state index contributed by atoms with van der Waals surface area (Å²) in [5.41, 5.74) is 2.43. The zero-order valence-corrected chi connectivity index (χ0v) is 16.3. The molecule has 0 aliphatic rings. The minimum atomic E-state index is -6.00. The van der Waals surface area contributed by atoms with E-state index in [0.717, 1.165) is 12.1 Å². The summed E-state index contributed by atoms with van der Waals surface area (Å²) in [5.74, 6) is 0. The van der Waals surface area contributed by atoms with Gasteiger partial charge >= 0.3 is 139 Å². The van der Waals surface area contributed by atoms with Crippen LogP contribution in [0, 0.1) is 0 Å². The van der Waals surface area contributed by atoms with Gasteiger partial charge in [0.25, 0.3) is 0 Å². The summed E-state index contributed by atoms with van der Waals surface area (Å²) in [5, 5.41) is 0. The van der Waals surface area contributed by atoms with Gasteiger partial charge in [0.05, 0.1) is 0 Å². The standard InChI is InChI=1S/C18H21N2Se.BF4/c1-2-3-4-7-12-20-13-10-15(11-14-20)18-19-16-8-5-6-9-17(16)21-18;2-1(3,4)5/h5-6,8-11,13-14H,2-4,7,12H2,1H3;/q+1;-1. The topological polar surface area (TPSA) is 16.8 Å². The number of halogens is 4. The summed E-state index contributed by atoms with van der Waals surface area (Å²) in [4.78, 5) is 4.77. The van der Waals surface area contributed by atoms with E-state index in [1.165, 1.54) is 40.1 Å². The van der Waals surface area contributed by atoms with Crippen molar-refractivity contribution in [3.63, 3.8) is 0 Å². The molecule has 2 aromatic heterocycles. The van der Waals surface area contributed by atoms with Crippen LogP contribution in [0.15, 0.2) is 48.8 Å². The molecule has 0 aliphatic carbocycles. The van der Waals surface area contributed by atoms with Crippen LogP contribution in [-0.4, -0.2) is 26.7 Å². The Morgan fingerprint density at radius 2 is 1.62 bits per heavy atom. The minimum Gasteiger partial charge on any atom is -0.418 e. The van der Waals surface area contributed by atoms with Gasteiger partial charge < -0.3 is 17.3 Å². The van der Waals surface area contributed by atoms with Crippen molar-refractivity contribution >= 4 is 31.5 Å². The first-order valence-corrected chi connectivity index (χ1v) is 10.3. The van der Waals surface area contributed by atoms with Crippen molar-refractivity contribution in [2.45, 2.75) is 39.2 Å². The van der Waals surface area contributed by atoms with Crippen molar-refractivity contribution in [3.05, 3.63) is 48.8 Å². The summed E-state index contributed by atoms with van der Waals surface area (Å²) >= 11 is 0.351. The Balaban J connectivity index is 0.000000431. The molecule has 140 valence electrons. The van der Waals surface area contributed by atoms with Crippen LogP contribution in [0.2, 0.25) is 0 Å². The Kier molecular flexibility index (Phi) is 7.85. The molecule has 0 radical (unpaired) electrons. The summed E-state index contributed by atoms with van der Waals surface area (Å²) in [6, 6.07) is 12.9. The Bertz CT molecular complexity index is 764. The number of hydrogen-bond donors (Lipinski definition) is 0. The van der Waals surface area contributed by atoms with E-state index in [1.807, 2.05) is 0 Å².